The van der Waals surface area contributed by atoms with Gasteiger partial charge in [-0.3, -0.25) is 4.98 Å². The Morgan fingerprint density at radius 1 is 1.29 bits per heavy atom. The molecule has 0 unspecified atom stereocenters. The van der Waals surface area contributed by atoms with Crippen molar-refractivity contribution in [2.75, 3.05) is 19.8 Å². The van der Waals surface area contributed by atoms with Crippen molar-refractivity contribution in [1.82, 2.24) is 20.3 Å². The van der Waals surface area contributed by atoms with Crippen LogP contribution in [0.2, 0.25) is 0 Å². The number of hydrogen-bond donors (Lipinski definition) is 2. The van der Waals surface area contributed by atoms with Crippen LogP contribution in [0.3, 0.4) is 0 Å². The Morgan fingerprint density at radius 3 is 2.86 bits per heavy atom. The molecule has 3 atom stereocenters. The predicted octanol–water partition coefficient (Wildman–Crippen LogP) is 4.12. The number of imidazole rings is 1. The Kier molecular flexibility index (Phi) is 6.12. The molecule has 4 rings (SSSR count). The standard InChI is InChI=1S/C23H34N4O/c1-15(2)20-11-17(12-23-26-21-4-7-24-14-22(21)27-23)16(3)10-18(20)13-25-19-5-8-28-9-6-19/h4,7,10,14-15,17-20,25H,5-6,8-9,11-13H2,1-3H3,(H,26,27)/t17-,18-,20-/m0/s1. The SMILES string of the molecule is CC1=C[C@@H](CNC2CCOCC2)[C@H](C(C)C)C[C@H]1Cc1nc2ccncc2[nH]1. The highest BCUT2D eigenvalue weighted by molar-refractivity contribution is 5.73. The van der Waals surface area contributed by atoms with Gasteiger partial charge in [0.05, 0.1) is 17.2 Å². The van der Waals surface area contributed by atoms with Crippen LogP contribution in [0.1, 0.15) is 45.9 Å². The third-order valence-electron chi connectivity index (χ3n) is 6.72. The highest BCUT2D eigenvalue weighted by Gasteiger charge is 2.32. The molecule has 0 amide bonds. The molecule has 0 spiro atoms. The van der Waals surface area contributed by atoms with Crippen molar-refractivity contribution in [2.24, 2.45) is 23.7 Å². The summed E-state index contributed by atoms with van der Waals surface area (Å²) in [5.41, 5.74) is 3.57. The van der Waals surface area contributed by atoms with E-state index in [0.29, 0.717) is 29.7 Å². The number of aromatic nitrogens is 3. The summed E-state index contributed by atoms with van der Waals surface area (Å²) in [7, 11) is 0. The minimum Gasteiger partial charge on any atom is -0.381 e. The average Bonchev–Trinajstić information content (AvgIpc) is 3.11. The minimum absolute atomic E-state index is 0.570. The van der Waals surface area contributed by atoms with Crippen molar-refractivity contribution in [3.8, 4) is 0 Å². The van der Waals surface area contributed by atoms with Crippen molar-refractivity contribution in [1.29, 1.82) is 0 Å². The Hall–Kier alpha value is -1.72. The fourth-order valence-electron chi connectivity index (χ4n) is 4.95. The molecule has 0 radical (unpaired) electrons. The summed E-state index contributed by atoms with van der Waals surface area (Å²) in [4.78, 5) is 12.4. The van der Waals surface area contributed by atoms with E-state index < -0.39 is 0 Å². The molecule has 3 heterocycles. The third-order valence-corrected chi connectivity index (χ3v) is 6.72. The van der Waals surface area contributed by atoms with E-state index in [4.69, 9.17) is 9.72 Å². The second-order valence-corrected chi connectivity index (χ2v) is 8.99. The van der Waals surface area contributed by atoms with Crippen LogP contribution in [0.5, 0.6) is 0 Å². The van der Waals surface area contributed by atoms with Gasteiger partial charge < -0.3 is 15.0 Å². The molecule has 5 nitrogen and oxygen atoms in total. The Morgan fingerprint density at radius 2 is 2.11 bits per heavy atom. The summed E-state index contributed by atoms with van der Waals surface area (Å²) in [6, 6.07) is 2.60. The quantitative estimate of drug-likeness (QED) is 0.738. The number of H-pyrrole nitrogens is 1. The first-order valence-electron chi connectivity index (χ1n) is 10.9. The molecule has 0 aromatic carbocycles. The average molecular weight is 383 g/mol. The van der Waals surface area contributed by atoms with Gasteiger partial charge in [-0.2, -0.15) is 0 Å². The van der Waals surface area contributed by atoms with Crippen LogP contribution in [-0.4, -0.2) is 40.8 Å². The number of aromatic amines is 1. The molecule has 152 valence electrons. The predicted molar refractivity (Wildman–Crippen MR) is 113 cm³/mol. The van der Waals surface area contributed by atoms with Crippen molar-refractivity contribution in [3.63, 3.8) is 0 Å². The van der Waals surface area contributed by atoms with Crippen LogP contribution in [0.25, 0.3) is 11.0 Å². The van der Waals surface area contributed by atoms with Crippen molar-refractivity contribution >= 4 is 11.0 Å². The van der Waals surface area contributed by atoms with Crippen LogP contribution in [-0.2, 0) is 11.2 Å². The number of allylic oxidation sites excluding steroid dienone is 1. The largest absolute Gasteiger partial charge is 0.381 e. The van der Waals surface area contributed by atoms with Crippen molar-refractivity contribution < 1.29 is 4.74 Å². The third kappa shape index (κ3) is 4.47. The molecule has 2 N–H and O–H groups in total. The lowest BCUT2D eigenvalue weighted by Crippen LogP contribution is -2.41. The number of fused-ring (bicyclic) bond motifs is 1. The Balaban J connectivity index is 1.44. The van der Waals surface area contributed by atoms with Crippen LogP contribution in [0, 0.1) is 23.7 Å². The van der Waals surface area contributed by atoms with E-state index in [1.54, 1.807) is 0 Å². The van der Waals surface area contributed by atoms with Gasteiger partial charge in [0.1, 0.15) is 5.82 Å². The summed E-state index contributed by atoms with van der Waals surface area (Å²) in [5, 5.41) is 3.83. The second kappa shape index (κ2) is 8.75. The Labute approximate surface area is 168 Å². The first-order chi connectivity index (χ1) is 13.6. The van der Waals surface area contributed by atoms with E-state index in [0.717, 1.165) is 55.9 Å². The first-order valence-corrected chi connectivity index (χ1v) is 10.9. The summed E-state index contributed by atoms with van der Waals surface area (Å²) in [5.74, 6) is 3.68. The zero-order valence-electron chi connectivity index (χ0n) is 17.4. The monoisotopic (exact) mass is 382 g/mol. The van der Waals surface area contributed by atoms with Crippen LogP contribution in [0.15, 0.2) is 30.1 Å². The van der Waals surface area contributed by atoms with Gasteiger partial charge in [-0.05, 0) is 55.9 Å². The number of ether oxygens (including phenoxy) is 1. The summed E-state index contributed by atoms with van der Waals surface area (Å²) in [6.45, 7) is 9.97. The molecule has 2 aliphatic rings. The zero-order chi connectivity index (χ0) is 19.5. The van der Waals surface area contributed by atoms with Crippen LogP contribution in [0.4, 0.5) is 0 Å². The summed E-state index contributed by atoms with van der Waals surface area (Å²) in [6.07, 6.45) is 10.7. The van der Waals surface area contributed by atoms with Crippen LogP contribution < -0.4 is 5.32 Å². The minimum atomic E-state index is 0.570. The fourth-order valence-corrected chi connectivity index (χ4v) is 4.95. The highest BCUT2D eigenvalue weighted by atomic mass is 16.5. The summed E-state index contributed by atoms with van der Waals surface area (Å²) >= 11 is 0. The number of nitrogens with one attached hydrogen (secondary N) is 2. The van der Waals surface area contributed by atoms with Gasteiger partial charge in [-0.25, -0.2) is 4.98 Å². The maximum absolute atomic E-state index is 5.50. The van der Waals surface area contributed by atoms with Gasteiger partial charge >= 0.3 is 0 Å². The molecule has 2 aromatic rings. The van der Waals surface area contributed by atoms with E-state index >= 15 is 0 Å². The zero-order valence-corrected chi connectivity index (χ0v) is 17.4. The van der Waals surface area contributed by atoms with E-state index in [-0.39, 0.29) is 0 Å². The molecule has 1 aliphatic heterocycles. The van der Waals surface area contributed by atoms with Gasteiger partial charge in [0.15, 0.2) is 0 Å². The molecule has 5 heteroatoms. The fraction of sp³-hybridized carbons (Fsp3) is 0.652. The molecule has 2 aromatic heterocycles. The molecule has 1 fully saturated rings. The maximum atomic E-state index is 5.50. The number of pyridine rings is 1. The van der Waals surface area contributed by atoms with E-state index in [1.165, 1.54) is 12.0 Å². The van der Waals surface area contributed by atoms with Gasteiger partial charge in [-0.15, -0.1) is 0 Å². The number of nitrogens with zero attached hydrogens (tertiary/aromatic N) is 2. The van der Waals surface area contributed by atoms with E-state index in [1.807, 2.05) is 18.5 Å². The van der Waals surface area contributed by atoms with Crippen molar-refractivity contribution in [2.45, 2.75) is 52.5 Å². The van der Waals surface area contributed by atoms with Gasteiger partial charge in [0.2, 0.25) is 0 Å². The second-order valence-electron chi connectivity index (χ2n) is 8.99. The molecular weight excluding hydrogens is 348 g/mol. The summed E-state index contributed by atoms with van der Waals surface area (Å²) < 4.78 is 5.50. The van der Waals surface area contributed by atoms with Gasteiger partial charge in [-0.1, -0.05) is 25.5 Å². The highest BCUT2D eigenvalue weighted by Crippen LogP contribution is 2.38. The molecule has 28 heavy (non-hydrogen) atoms. The smallest absolute Gasteiger partial charge is 0.107 e. The number of rotatable bonds is 6. The molecule has 1 saturated heterocycles. The molecule has 1 aliphatic carbocycles. The topological polar surface area (TPSA) is 62.8 Å². The lowest BCUT2D eigenvalue weighted by Gasteiger charge is -2.38. The van der Waals surface area contributed by atoms with E-state index in [2.05, 4.69) is 42.1 Å². The first kappa shape index (κ1) is 19.6. The molecular formula is C23H34N4O. The lowest BCUT2D eigenvalue weighted by atomic mass is 9.69. The normalized spacial score (nSPS) is 26.7. The molecule has 0 saturated carbocycles. The van der Waals surface area contributed by atoms with Gasteiger partial charge in [0, 0.05) is 38.4 Å². The lowest BCUT2D eigenvalue weighted by molar-refractivity contribution is 0.0757. The maximum Gasteiger partial charge on any atom is 0.107 e. The van der Waals surface area contributed by atoms with E-state index in [9.17, 15) is 0 Å². The van der Waals surface area contributed by atoms with Crippen LogP contribution >= 0.6 is 0 Å². The van der Waals surface area contributed by atoms with Crippen molar-refractivity contribution in [3.05, 3.63) is 35.9 Å². The number of hydrogen-bond acceptors (Lipinski definition) is 4. The molecule has 0 bridgehead atoms. The van der Waals surface area contributed by atoms with Gasteiger partial charge in [0.25, 0.3) is 0 Å². The Bertz CT molecular complexity index is 773.